The molecule has 0 atom stereocenters. The summed E-state index contributed by atoms with van der Waals surface area (Å²) in [6.07, 6.45) is 3.90. The maximum Gasteiger partial charge on any atom is 0.243 e. The van der Waals surface area contributed by atoms with Gasteiger partial charge in [-0.15, -0.1) is 5.10 Å². The second kappa shape index (κ2) is 6.06. The van der Waals surface area contributed by atoms with Gasteiger partial charge in [0.1, 0.15) is 11.6 Å². The van der Waals surface area contributed by atoms with Gasteiger partial charge in [0.2, 0.25) is 5.91 Å². The van der Waals surface area contributed by atoms with Gasteiger partial charge in [0.15, 0.2) is 0 Å². The topological polar surface area (TPSA) is 132 Å². The van der Waals surface area contributed by atoms with E-state index < -0.39 is 5.91 Å². The largest absolute Gasteiger partial charge is 0.383 e. The van der Waals surface area contributed by atoms with Crippen molar-refractivity contribution >= 4 is 11.7 Å². The molecule has 0 fully saturated rings. The van der Waals surface area contributed by atoms with Gasteiger partial charge in [0, 0.05) is 30.8 Å². The molecule has 0 aliphatic carbocycles. The van der Waals surface area contributed by atoms with Crippen LogP contribution in [0.5, 0.6) is 0 Å². The van der Waals surface area contributed by atoms with Gasteiger partial charge in [0.25, 0.3) is 0 Å². The molecule has 2 rings (SSSR count). The van der Waals surface area contributed by atoms with Gasteiger partial charge >= 0.3 is 0 Å². The lowest BCUT2D eigenvalue weighted by Crippen LogP contribution is -2.18. The predicted octanol–water partition coefficient (Wildman–Crippen LogP) is -0.555. The van der Waals surface area contributed by atoms with Crippen molar-refractivity contribution in [3.05, 3.63) is 29.5 Å². The second-order valence-electron chi connectivity index (χ2n) is 4.27. The van der Waals surface area contributed by atoms with E-state index in [4.69, 9.17) is 10.9 Å². The number of anilines is 1. The number of aryl methyl sites for hydroxylation is 2. The van der Waals surface area contributed by atoms with Gasteiger partial charge in [-0.25, -0.2) is 20.1 Å². The molecule has 0 aliphatic rings. The van der Waals surface area contributed by atoms with Crippen LogP contribution in [0.2, 0.25) is 0 Å². The SMILES string of the molecule is Cc1ncc(Cn2cc(CCC(=O)NO)nn2)c(N)n1. The zero-order chi connectivity index (χ0) is 14.5. The molecule has 2 aromatic rings. The summed E-state index contributed by atoms with van der Waals surface area (Å²) in [7, 11) is 0. The lowest BCUT2D eigenvalue weighted by molar-refractivity contribution is -0.129. The number of hydrogen-bond donors (Lipinski definition) is 3. The van der Waals surface area contributed by atoms with Crippen molar-refractivity contribution in [2.24, 2.45) is 0 Å². The van der Waals surface area contributed by atoms with Crippen LogP contribution in [-0.4, -0.2) is 36.1 Å². The highest BCUT2D eigenvalue weighted by molar-refractivity contribution is 5.74. The Hall–Kier alpha value is -2.55. The van der Waals surface area contributed by atoms with Gasteiger partial charge < -0.3 is 5.73 Å². The Morgan fingerprint density at radius 2 is 2.35 bits per heavy atom. The number of rotatable bonds is 5. The summed E-state index contributed by atoms with van der Waals surface area (Å²) in [5.74, 6) is 0.561. The molecule has 9 heteroatoms. The zero-order valence-corrected chi connectivity index (χ0v) is 10.9. The fraction of sp³-hybridized carbons (Fsp3) is 0.364. The molecular formula is C11H15N7O2. The Labute approximate surface area is 114 Å². The van der Waals surface area contributed by atoms with E-state index in [1.165, 1.54) is 0 Å². The Bertz CT molecular complexity index is 611. The number of hydrogen-bond acceptors (Lipinski definition) is 7. The van der Waals surface area contributed by atoms with Crippen LogP contribution in [-0.2, 0) is 17.8 Å². The molecule has 0 radical (unpaired) electrons. The molecule has 20 heavy (non-hydrogen) atoms. The minimum atomic E-state index is -0.462. The molecule has 0 saturated carbocycles. The highest BCUT2D eigenvalue weighted by atomic mass is 16.5. The quantitative estimate of drug-likeness (QED) is 0.493. The van der Waals surface area contributed by atoms with Crippen molar-refractivity contribution < 1.29 is 10.0 Å². The predicted molar refractivity (Wildman–Crippen MR) is 68.6 cm³/mol. The summed E-state index contributed by atoms with van der Waals surface area (Å²) in [6.45, 7) is 2.17. The van der Waals surface area contributed by atoms with E-state index in [9.17, 15) is 4.79 Å². The van der Waals surface area contributed by atoms with Crippen LogP contribution in [0.15, 0.2) is 12.4 Å². The maximum absolute atomic E-state index is 10.9. The summed E-state index contributed by atoms with van der Waals surface area (Å²) in [6, 6.07) is 0. The van der Waals surface area contributed by atoms with Crippen molar-refractivity contribution in [3.8, 4) is 0 Å². The Morgan fingerprint density at radius 3 is 3.05 bits per heavy atom. The highest BCUT2D eigenvalue weighted by Gasteiger charge is 2.07. The Morgan fingerprint density at radius 1 is 1.55 bits per heavy atom. The van der Waals surface area contributed by atoms with Crippen LogP contribution in [0.1, 0.15) is 23.5 Å². The minimum absolute atomic E-state index is 0.144. The van der Waals surface area contributed by atoms with E-state index in [-0.39, 0.29) is 6.42 Å². The summed E-state index contributed by atoms with van der Waals surface area (Å²) in [5, 5.41) is 16.3. The first-order chi connectivity index (χ1) is 9.58. The van der Waals surface area contributed by atoms with E-state index in [0.717, 1.165) is 5.56 Å². The van der Waals surface area contributed by atoms with Crippen molar-refractivity contribution in [2.75, 3.05) is 5.73 Å². The number of nitrogens with zero attached hydrogens (tertiary/aromatic N) is 5. The molecule has 2 aromatic heterocycles. The smallest absolute Gasteiger partial charge is 0.243 e. The molecule has 106 valence electrons. The first-order valence-electron chi connectivity index (χ1n) is 5.98. The normalized spacial score (nSPS) is 10.5. The van der Waals surface area contributed by atoms with E-state index in [0.29, 0.717) is 30.3 Å². The van der Waals surface area contributed by atoms with Crippen LogP contribution in [0.4, 0.5) is 5.82 Å². The summed E-state index contributed by atoms with van der Waals surface area (Å²) in [5.41, 5.74) is 8.77. The van der Waals surface area contributed by atoms with Gasteiger partial charge in [-0.3, -0.25) is 10.0 Å². The average Bonchev–Trinajstić information content (AvgIpc) is 2.87. The van der Waals surface area contributed by atoms with Crippen LogP contribution in [0.25, 0.3) is 0 Å². The molecular weight excluding hydrogens is 262 g/mol. The third-order valence-corrected chi connectivity index (χ3v) is 2.67. The van der Waals surface area contributed by atoms with E-state index in [1.807, 2.05) is 0 Å². The summed E-state index contributed by atoms with van der Waals surface area (Å²) < 4.78 is 1.59. The molecule has 2 heterocycles. The lowest BCUT2D eigenvalue weighted by Gasteiger charge is -2.04. The molecule has 0 spiro atoms. The van der Waals surface area contributed by atoms with Crippen LogP contribution in [0, 0.1) is 6.92 Å². The molecule has 1 amide bonds. The number of nitrogen functional groups attached to an aromatic ring is 1. The Balaban J connectivity index is 2.00. The summed E-state index contributed by atoms with van der Waals surface area (Å²) >= 11 is 0. The molecule has 0 aromatic carbocycles. The van der Waals surface area contributed by atoms with E-state index in [2.05, 4.69) is 20.3 Å². The van der Waals surface area contributed by atoms with Gasteiger partial charge in [-0.05, 0) is 6.92 Å². The van der Waals surface area contributed by atoms with Crippen molar-refractivity contribution in [3.63, 3.8) is 0 Å². The molecule has 4 N–H and O–H groups in total. The number of amides is 1. The highest BCUT2D eigenvalue weighted by Crippen LogP contribution is 2.09. The fourth-order valence-electron chi connectivity index (χ4n) is 1.64. The molecule has 0 saturated heterocycles. The third kappa shape index (κ3) is 3.48. The van der Waals surface area contributed by atoms with Crippen LogP contribution >= 0.6 is 0 Å². The molecule has 0 unspecified atom stereocenters. The van der Waals surface area contributed by atoms with Crippen molar-refractivity contribution in [1.29, 1.82) is 0 Å². The molecule has 0 bridgehead atoms. The standard InChI is InChI=1S/C11H15N7O2/c1-7-13-4-8(11(12)14-7)5-18-6-9(15-17-18)2-3-10(19)16-20/h4,6,20H,2-3,5H2,1H3,(H,16,19)(H2,12,13,14). The first kappa shape index (κ1) is 13.9. The number of aromatic nitrogens is 5. The molecule has 0 aliphatic heterocycles. The van der Waals surface area contributed by atoms with Crippen LogP contribution < -0.4 is 11.2 Å². The van der Waals surface area contributed by atoms with E-state index >= 15 is 0 Å². The van der Waals surface area contributed by atoms with Gasteiger partial charge in [-0.1, -0.05) is 5.21 Å². The number of hydroxylamine groups is 1. The lowest BCUT2D eigenvalue weighted by atomic mass is 10.2. The fourth-order valence-corrected chi connectivity index (χ4v) is 1.64. The van der Waals surface area contributed by atoms with Crippen molar-refractivity contribution in [1.82, 2.24) is 30.4 Å². The Kier molecular flexibility index (Phi) is 4.20. The minimum Gasteiger partial charge on any atom is -0.383 e. The second-order valence-corrected chi connectivity index (χ2v) is 4.27. The number of carbonyl (C=O) groups excluding carboxylic acids is 1. The van der Waals surface area contributed by atoms with Gasteiger partial charge in [0.05, 0.1) is 12.2 Å². The third-order valence-electron chi connectivity index (χ3n) is 2.67. The van der Waals surface area contributed by atoms with Gasteiger partial charge in [-0.2, -0.15) is 0 Å². The monoisotopic (exact) mass is 277 g/mol. The van der Waals surface area contributed by atoms with E-state index in [1.54, 1.807) is 29.5 Å². The number of nitrogens with one attached hydrogen (secondary N) is 1. The van der Waals surface area contributed by atoms with Crippen molar-refractivity contribution in [2.45, 2.75) is 26.3 Å². The summed E-state index contributed by atoms with van der Waals surface area (Å²) in [4.78, 5) is 19.1. The van der Waals surface area contributed by atoms with Crippen LogP contribution in [0.3, 0.4) is 0 Å². The zero-order valence-electron chi connectivity index (χ0n) is 10.9. The number of carbonyl (C=O) groups is 1. The average molecular weight is 277 g/mol. The maximum atomic E-state index is 10.9. The first-order valence-corrected chi connectivity index (χ1v) is 5.98. The molecule has 9 nitrogen and oxygen atoms in total. The number of nitrogens with two attached hydrogens (primary N) is 1.